The van der Waals surface area contributed by atoms with Crippen LogP contribution in [0, 0.1) is 0 Å². The zero-order valence-electron chi connectivity index (χ0n) is 20.9. The van der Waals surface area contributed by atoms with Crippen molar-refractivity contribution in [1.29, 1.82) is 0 Å². The minimum atomic E-state index is -0.952. The summed E-state index contributed by atoms with van der Waals surface area (Å²) >= 11 is 0. The standard InChI is InChI=1S/C30H31N3O4/c1-37-31-26-20-27(29(35)32-18-16-30(36,17-19-32)25-10-6-3-7-11-25)33(21-26)28(34)24-14-12-23(13-15-24)22-8-4-2-5-9-22/h2-15,27,36H,16-21H2,1H3. The maximum atomic E-state index is 13.6. The molecule has 190 valence electrons. The summed E-state index contributed by atoms with van der Waals surface area (Å²) in [6, 6.07) is 26.4. The molecule has 0 saturated carbocycles. The molecule has 0 spiro atoms. The number of rotatable bonds is 5. The SMILES string of the molecule is CON=C1CC(C(=O)N2CCC(O)(c3ccccc3)CC2)N(C(=O)c2ccc(-c3ccccc3)cc2)C1. The molecule has 0 aliphatic carbocycles. The van der Waals surface area contributed by atoms with E-state index in [9.17, 15) is 14.7 Å². The Kier molecular flexibility index (Phi) is 7.06. The number of amides is 2. The van der Waals surface area contributed by atoms with Gasteiger partial charge in [-0.05, 0) is 41.7 Å². The van der Waals surface area contributed by atoms with E-state index in [1.165, 1.54) is 7.11 Å². The van der Waals surface area contributed by atoms with Gasteiger partial charge in [0, 0.05) is 25.1 Å². The third-order valence-electron chi connectivity index (χ3n) is 7.38. The van der Waals surface area contributed by atoms with Gasteiger partial charge in [0.05, 0.1) is 17.9 Å². The molecule has 2 aliphatic heterocycles. The number of carbonyl (C=O) groups excluding carboxylic acids is 2. The Balaban J connectivity index is 1.31. The Morgan fingerprint density at radius 3 is 2.11 bits per heavy atom. The predicted octanol–water partition coefficient (Wildman–Crippen LogP) is 4.08. The van der Waals surface area contributed by atoms with Gasteiger partial charge in [0.25, 0.3) is 5.91 Å². The lowest BCUT2D eigenvalue weighted by Crippen LogP contribution is -2.52. The lowest BCUT2D eigenvalue weighted by Gasteiger charge is -2.40. The molecule has 0 bridgehead atoms. The molecule has 2 heterocycles. The van der Waals surface area contributed by atoms with Gasteiger partial charge in [0.2, 0.25) is 5.91 Å². The quantitative estimate of drug-likeness (QED) is 0.539. The summed E-state index contributed by atoms with van der Waals surface area (Å²) in [6.45, 7) is 1.09. The number of likely N-dealkylation sites (tertiary alicyclic amines) is 2. The molecule has 2 fully saturated rings. The number of piperidine rings is 1. The van der Waals surface area contributed by atoms with E-state index in [0.29, 0.717) is 43.6 Å². The van der Waals surface area contributed by atoms with Gasteiger partial charge < -0.3 is 19.7 Å². The highest BCUT2D eigenvalue weighted by molar-refractivity contribution is 6.05. The van der Waals surface area contributed by atoms with E-state index >= 15 is 0 Å². The minimum Gasteiger partial charge on any atom is -0.399 e. The zero-order valence-corrected chi connectivity index (χ0v) is 20.9. The van der Waals surface area contributed by atoms with Gasteiger partial charge in [-0.15, -0.1) is 0 Å². The largest absolute Gasteiger partial charge is 0.399 e. The van der Waals surface area contributed by atoms with Crippen molar-refractivity contribution in [2.45, 2.75) is 30.9 Å². The predicted molar refractivity (Wildman–Crippen MR) is 142 cm³/mol. The van der Waals surface area contributed by atoms with E-state index in [1.54, 1.807) is 21.9 Å². The summed E-state index contributed by atoms with van der Waals surface area (Å²) in [5.41, 5.74) is 3.19. The average molecular weight is 498 g/mol. The molecule has 3 aromatic carbocycles. The molecule has 1 atom stereocenters. The van der Waals surface area contributed by atoms with E-state index in [0.717, 1.165) is 16.7 Å². The van der Waals surface area contributed by atoms with Crippen molar-refractivity contribution in [2.24, 2.45) is 5.16 Å². The Morgan fingerprint density at radius 1 is 0.892 bits per heavy atom. The highest BCUT2D eigenvalue weighted by Gasteiger charge is 2.43. The minimum absolute atomic E-state index is 0.120. The molecule has 1 N–H and O–H groups in total. The molecule has 1 unspecified atom stereocenters. The molecule has 2 amide bonds. The molecule has 0 aromatic heterocycles. The van der Waals surface area contributed by atoms with Crippen LogP contribution in [0.1, 0.15) is 35.2 Å². The fourth-order valence-electron chi connectivity index (χ4n) is 5.28. The summed E-state index contributed by atoms with van der Waals surface area (Å²) in [5.74, 6) is -0.331. The highest BCUT2D eigenvalue weighted by atomic mass is 16.6. The van der Waals surface area contributed by atoms with Crippen LogP contribution in [0.3, 0.4) is 0 Å². The summed E-state index contributed by atoms with van der Waals surface area (Å²) < 4.78 is 0. The Bertz CT molecular complexity index is 1270. The topological polar surface area (TPSA) is 82.4 Å². The lowest BCUT2D eigenvalue weighted by atomic mass is 9.84. The molecule has 5 rings (SSSR count). The number of oxime groups is 1. The first-order valence-electron chi connectivity index (χ1n) is 12.6. The van der Waals surface area contributed by atoms with E-state index < -0.39 is 11.6 Å². The summed E-state index contributed by atoms with van der Waals surface area (Å²) in [7, 11) is 1.46. The molecule has 7 nitrogen and oxygen atoms in total. The second kappa shape index (κ2) is 10.6. The Morgan fingerprint density at radius 2 is 1.49 bits per heavy atom. The van der Waals surface area contributed by atoms with E-state index in [2.05, 4.69) is 5.16 Å². The first-order chi connectivity index (χ1) is 18.0. The van der Waals surface area contributed by atoms with Crippen molar-refractivity contribution in [2.75, 3.05) is 26.7 Å². The van der Waals surface area contributed by atoms with Crippen molar-refractivity contribution in [1.82, 2.24) is 9.80 Å². The van der Waals surface area contributed by atoms with Crippen LogP contribution < -0.4 is 0 Å². The van der Waals surface area contributed by atoms with Gasteiger partial charge in [-0.1, -0.05) is 78.0 Å². The fourth-order valence-corrected chi connectivity index (χ4v) is 5.28. The molecular formula is C30H31N3O4. The maximum absolute atomic E-state index is 13.6. The monoisotopic (exact) mass is 497 g/mol. The molecule has 0 radical (unpaired) electrons. The third-order valence-corrected chi connectivity index (χ3v) is 7.38. The maximum Gasteiger partial charge on any atom is 0.254 e. The lowest BCUT2D eigenvalue weighted by molar-refractivity contribution is -0.139. The number of benzene rings is 3. The van der Waals surface area contributed by atoms with Crippen LogP contribution >= 0.6 is 0 Å². The Hall–Kier alpha value is -3.97. The number of nitrogens with zero attached hydrogens (tertiary/aromatic N) is 3. The average Bonchev–Trinajstić information content (AvgIpc) is 3.38. The number of aliphatic hydroxyl groups is 1. The molecular weight excluding hydrogens is 466 g/mol. The van der Waals surface area contributed by atoms with Crippen LogP contribution in [-0.2, 0) is 15.2 Å². The van der Waals surface area contributed by atoms with Crippen molar-refractivity contribution >= 4 is 17.5 Å². The second-order valence-corrected chi connectivity index (χ2v) is 9.66. The first kappa shape index (κ1) is 24.7. The second-order valence-electron chi connectivity index (χ2n) is 9.66. The van der Waals surface area contributed by atoms with Crippen molar-refractivity contribution in [3.8, 4) is 11.1 Å². The highest BCUT2D eigenvalue weighted by Crippen LogP contribution is 2.33. The van der Waals surface area contributed by atoms with Crippen molar-refractivity contribution in [3.05, 3.63) is 96.1 Å². The summed E-state index contributed by atoms with van der Waals surface area (Å²) in [6.07, 6.45) is 1.23. The fraction of sp³-hybridized carbons (Fsp3) is 0.300. The zero-order chi connectivity index (χ0) is 25.8. The number of hydrogen-bond donors (Lipinski definition) is 1. The van der Waals surface area contributed by atoms with Crippen LogP contribution in [0.2, 0.25) is 0 Å². The van der Waals surface area contributed by atoms with Crippen LogP contribution in [0.25, 0.3) is 11.1 Å². The normalized spacial score (nSPS) is 20.2. The number of hydrogen-bond acceptors (Lipinski definition) is 5. The van der Waals surface area contributed by atoms with Gasteiger partial charge in [-0.2, -0.15) is 0 Å². The van der Waals surface area contributed by atoms with Crippen LogP contribution in [0.4, 0.5) is 0 Å². The molecule has 37 heavy (non-hydrogen) atoms. The smallest absolute Gasteiger partial charge is 0.254 e. The molecule has 2 aliphatic rings. The van der Waals surface area contributed by atoms with Gasteiger partial charge in [-0.25, -0.2) is 0 Å². The number of carbonyl (C=O) groups is 2. The van der Waals surface area contributed by atoms with Gasteiger partial charge in [0.1, 0.15) is 13.2 Å². The van der Waals surface area contributed by atoms with E-state index in [4.69, 9.17) is 4.84 Å². The van der Waals surface area contributed by atoms with E-state index in [1.807, 2.05) is 72.8 Å². The Labute approximate surface area is 217 Å². The van der Waals surface area contributed by atoms with Crippen LogP contribution in [0.15, 0.2) is 90.1 Å². The summed E-state index contributed by atoms with van der Waals surface area (Å²) in [5, 5.41) is 15.2. The van der Waals surface area contributed by atoms with Gasteiger partial charge in [-0.3, -0.25) is 9.59 Å². The van der Waals surface area contributed by atoms with E-state index in [-0.39, 0.29) is 18.4 Å². The van der Waals surface area contributed by atoms with Crippen molar-refractivity contribution in [3.63, 3.8) is 0 Å². The van der Waals surface area contributed by atoms with Crippen LogP contribution in [0.5, 0.6) is 0 Å². The molecule has 2 saturated heterocycles. The van der Waals surface area contributed by atoms with Gasteiger partial charge in [0.15, 0.2) is 0 Å². The first-order valence-corrected chi connectivity index (χ1v) is 12.6. The third kappa shape index (κ3) is 5.13. The van der Waals surface area contributed by atoms with Crippen molar-refractivity contribution < 1.29 is 19.5 Å². The van der Waals surface area contributed by atoms with Gasteiger partial charge >= 0.3 is 0 Å². The molecule has 7 heteroatoms. The summed E-state index contributed by atoms with van der Waals surface area (Å²) in [4.78, 5) is 35.5. The molecule has 3 aromatic rings. The van der Waals surface area contributed by atoms with Crippen LogP contribution in [-0.4, -0.2) is 65.2 Å².